The predicted octanol–water partition coefficient (Wildman–Crippen LogP) is 3.32. The quantitative estimate of drug-likeness (QED) is 0.627. The molecule has 23 heavy (non-hydrogen) atoms. The van der Waals surface area contributed by atoms with Crippen molar-refractivity contribution in [3.8, 4) is 5.75 Å². The second kappa shape index (κ2) is 7.81. The van der Waals surface area contributed by atoms with Gasteiger partial charge in [0.15, 0.2) is 0 Å². The molecule has 3 aromatic rings. The van der Waals surface area contributed by atoms with Crippen molar-refractivity contribution in [1.29, 1.82) is 0 Å². The Bertz CT molecular complexity index is 701. The molecule has 0 aliphatic heterocycles. The summed E-state index contributed by atoms with van der Waals surface area (Å²) in [6.07, 6.45) is 0. The molecule has 1 heterocycles. The number of nitrogens with one attached hydrogen (secondary N) is 2. The summed E-state index contributed by atoms with van der Waals surface area (Å²) in [4.78, 5) is 0. The van der Waals surface area contributed by atoms with Crippen LogP contribution in [0.25, 0.3) is 11.0 Å². The number of para-hydroxylation sites is 1. The number of methoxy groups -OCH3 is 1. The van der Waals surface area contributed by atoms with E-state index >= 15 is 0 Å². The normalized spacial score (nSPS) is 11.0. The van der Waals surface area contributed by atoms with E-state index in [9.17, 15) is 0 Å². The molecule has 2 aromatic carbocycles. The molecular formula is C19H22N2O2. The first-order chi connectivity index (χ1) is 11.3. The summed E-state index contributed by atoms with van der Waals surface area (Å²) in [5, 5.41) is 7.96. The van der Waals surface area contributed by atoms with Crippen molar-refractivity contribution >= 4 is 11.0 Å². The van der Waals surface area contributed by atoms with Gasteiger partial charge in [-0.1, -0.05) is 30.3 Å². The van der Waals surface area contributed by atoms with Crippen LogP contribution in [0.5, 0.6) is 5.75 Å². The molecule has 120 valence electrons. The summed E-state index contributed by atoms with van der Waals surface area (Å²) in [5.74, 6) is 1.86. The molecule has 3 rings (SSSR count). The Morgan fingerprint density at radius 1 is 0.913 bits per heavy atom. The van der Waals surface area contributed by atoms with Crippen LogP contribution in [0.1, 0.15) is 11.3 Å². The summed E-state index contributed by atoms with van der Waals surface area (Å²) in [5.41, 5.74) is 2.20. The van der Waals surface area contributed by atoms with Gasteiger partial charge in [-0.25, -0.2) is 0 Å². The number of hydrogen-bond donors (Lipinski definition) is 2. The number of furan rings is 1. The van der Waals surface area contributed by atoms with E-state index in [-0.39, 0.29) is 0 Å². The zero-order valence-corrected chi connectivity index (χ0v) is 13.3. The molecule has 0 fully saturated rings. The molecule has 1 aromatic heterocycles. The smallest absolute Gasteiger partial charge is 0.134 e. The predicted molar refractivity (Wildman–Crippen MR) is 92.6 cm³/mol. The minimum Gasteiger partial charge on any atom is -0.497 e. The lowest BCUT2D eigenvalue weighted by Crippen LogP contribution is -2.26. The van der Waals surface area contributed by atoms with Gasteiger partial charge in [0.25, 0.3) is 0 Å². The van der Waals surface area contributed by atoms with Crippen molar-refractivity contribution in [3.05, 3.63) is 65.9 Å². The molecule has 0 unspecified atom stereocenters. The fourth-order valence-electron chi connectivity index (χ4n) is 2.49. The number of ether oxygens (including phenoxy) is 1. The van der Waals surface area contributed by atoms with Gasteiger partial charge in [-0.15, -0.1) is 0 Å². The zero-order chi connectivity index (χ0) is 15.9. The van der Waals surface area contributed by atoms with Gasteiger partial charge in [-0.2, -0.15) is 0 Å². The van der Waals surface area contributed by atoms with E-state index in [0.29, 0.717) is 0 Å². The average molecular weight is 310 g/mol. The summed E-state index contributed by atoms with van der Waals surface area (Å²) in [6, 6.07) is 18.3. The maximum atomic E-state index is 5.77. The van der Waals surface area contributed by atoms with Crippen LogP contribution in [0, 0.1) is 0 Å². The molecule has 0 aliphatic rings. The van der Waals surface area contributed by atoms with E-state index in [4.69, 9.17) is 9.15 Å². The van der Waals surface area contributed by atoms with E-state index in [1.54, 1.807) is 7.11 Å². The Balaban J connectivity index is 1.35. The molecule has 0 aliphatic carbocycles. The lowest BCUT2D eigenvalue weighted by molar-refractivity contribution is 0.414. The highest BCUT2D eigenvalue weighted by atomic mass is 16.5. The van der Waals surface area contributed by atoms with Gasteiger partial charge >= 0.3 is 0 Å². The van der Waals surface area contributed by atoms with Crippen molar-refractivity contribution in [3.63, 3.8) is 0 Å². The fraction of sp³-hybridized carbons (Fsp3) is 0.263. The van der Waals surface area contributed by atoms with Gasteiger partial charge in [-0.3, -0.25) is 0 Å². The van der Waals surface area contributed by atoms with E-state index in [1.165, 1.54) is 5.56 Å². The van der Waals surface area contributed by atoms with Crippen LogP contribution >= 0.6 is 0 Å². The van der Waals surface area contributed by atoms with Gasteiger partial charge < -0.3 is 19.8 Å². The molecule has 0 spiro atoms. The second-order valence-corrected chi connectivity index (χ2v) is 5.45. The lowest BCUT2D eigenvalue weighted by Gasteiger charge is -2.06. The number of rotatable bonds is 8. The Morgan fingerprint density at radius 3 is 2.39 bits per heavy atom. The van der Waals surface area contributed by atoms with Crippen molar-refractivity contribution in [2.45, 2.75) is 13.1 Å². The monoisotopic (exact) mass is 310 g/mol. The van der Waals surface area contributed by atoms with Gasteiger partial charge in [0.05, 0.1) is 13.7 Å². The number of hydrogen-bond acceptors (Lipinski definition) is 4. The van der Waals surface area contributed by atoms with Crippen LogP contribution in [0.15, 0.2) is 59.0 Å². The third-order valence-electron chi connectivity index (χ3n) is 3.74. The van der Waals surface area contributed by atoms with Gasteiger partial charge in [0.2, 0.25) is 0 Å². The molecule has 0 atom stereocenters. The number of benzene rings is 2. The van der Waals surface area contributed by atoms with Crippen molar-refractivity contribution in [1.82, 2.24) is 10.6 Å². The van der Waals surface area contributed by atoms with Crippen LogP contribution in [0.4, 0.5) is 0 Å². The molecule has 0 amide bonds. The highest BCUT2D eigenvalue weighted by Gasteiger charge is 2.02. The zero-order valence-electron chi connectivity index (χ0n) is 13.3. The molecular weight excluding hydrogens is 288 g/mol. The Hall–Kier alpha value is -2.30. The van der Waals surface area contributed by atoms with Crippen molar-refractivity contribution < 1.29 is 9.15 Å². The van der Waals surface area contributed by atoms with E-state index < -0.39 is 0 Å². The third kappa shape index (κ3) is 4.34. The lowest BCUT2D eigenvalue weighted by atomic mass is 10.2. The van der Waals surface area contributed by atoms with Gasteiger partial charge in [0, 0.05) is 25.0 Å². The first kappa shape index (κ1) is 15.6. The van der Waals surface area contributed by atoms with Crippen LogP contribution in [-0.4, -0.2) is 20.2 Å². The SMILES string of the molecule is COc1ccc(CNCCNCc2cc3ccccc3o2)cc1. The highest BCUT2D eigenvalue weighted by molar-refractivity contribution is 5.77. The van der Waals surface area contributed by atoms with Crippen LogP contribution in [-0.2, 0) is 13.1 Å². The third-order valence-corrected chi connectivity index (χ3v) is 3.74. The minimum atomic E-state index is 0.749. The van der Waals surface area contributed by atoms with E-state index in [0.717, 1.165) is 48.7 Å². The number of fused-ring (bicyclic) bond motifs is 1. The van der Waals surface area contributed by atoms with Crippen LogP contribution in [0.3, 0.4) is 0 Å². The average Bonchev–Trinajstić information content (AvgIpc) is 3.01. The Kier molecular flexibility index (Phi) is 5.29. The van der Waals surface area contributed by atoms with Gasteiger partial charge in [-0.05, 0) is 29.8 Å². The molecule has 0 saturated carbocycles. The molecule has 2 N–H and O–H groups in total. The summed E-state index contributed by atoms with van der Waals surface area (Å²) in [7, 11) is 1.68. The molecule has 4 heteroatoms. The summed E-state index contributed by atoms with van der Waals surface area (Å²) >= 11 is 0. The Labute approximate surface area is 136 Å². The summed E-state index contributed by atoms with van der Waals surface area (Å²) < 4.78 is 10.9. The fourth-order valence-corrected chi connectivity index (χ4v) is 2.49. The van der Waals surface area contributed by atoms with Crippen LogP contribution in [0.2, 0.25) is 0 Å². The van der Waals surface area contributed by atoms with E-state index in [1.807, 2.05) is 30.3 Å². The summed E-state index contributed by atoms with van der Waals surface area (Å²) in [6.45, 7) is 3.41. The maximum absolute atomic E-state index is 5.77. The standard InChI is InChI=1S/C19H22N2O2/c1-22-17-8-6-15(7-9-17)13-20-10-11-21-14-18-12-16-4-2-3-5-19(16)23-18/h2-9,12,20-21H,10-11,13-14H2,1H3. The first-order valence-corrected chi connectivity index (χ1v) is 7.87. The minimum absolute atomic E-state index is 0.749. The molecule has 0 saturated heterocycles. The largest absolute Gasteiger partial charge is 0.497 e. The second-order valence-electron chi connectivity index (χ2n) is 5.45. The first-order valence-electron chi connectivity index (χ1n) is 7.87. The topological polar surface area (TPSA) is 46.4 Å². The molecule has 4 nitrogen and oxygen atoms in total. The molecule has 0 bridgehead atoms. The Morgan fingerprint density at radius 2 is 1.65 bits per heavy atom. The highest BCUT2D eigenvalue weighted by Crippen LogP contribution is 2.18. The van der Waals surface area contributed by atoms with Gasteiger partial charge in [0.1, 0.15) is 17.1 Å². The van der Waals surface area contributed by atoms with Crippen molar-refractivity contribution in [2.24, 2.45) is 0 Å². The van der Waals surface area contributed by atoms with Crippen molar-refractivity contribution in [2.75, 3.05) is 20.2 Å². The molecule has 0 radical (unpaired) electrons. The van der Waals surface area contributed by atoms with E-state index in [2.05, 4.69) is 34.9 Å². The van der Waals surface area contributed by atoms with Crippen LogP contribution < -0.4 is 15.4 Å². The maximum Gasteiger partial charge on any atom is 0.134 e.